The topological polar surface area (TPSA) is 67.2 Å². The van der Waals surface area contributed by atoms with Crippen LogP contribution in [0.5, 0.6) is 0 Å². The zero-order valence-electron chi connectivity index (χ0n) is 18.7. The van der Waals surface area contributed by atoms with E-state index in [4.69, 9.17) is 4.98 Å². The van der Waals surface area contributed by atoms with E-state index in [9.17, 15) is 9.59 Å². The molecule has 2 atom stereocenters. The number of imidazole rings is 1. The van der Waals surface area contributed by atoms with Crippen molar-refractivity contribution in [1.82, 2.24) is 19.8 Å². The molecule has 7 heteroatoms. The first-order valence-electron chi connectivity index (χ1n) is 11.3. The third kappa shape index (κ3) is 3.64. The molecular formula is C25H28N4O2S. The second-order valence-corrected chi connectivity index (χ2v) is 10.3. The van der Waals surface area contributed by atoms with Crippen LogP contribution in [-0.2, 0) is 13.0 Å². The number of aryl methyl sites for hydroxylation is 1. The monoisotopic (exact) mass is 448 g/mol. The summed E-state index contributed by atoms with van der Waals surface area (Å²) in [5.41, 5.74) is 2.42. The van der Waals surface area contributed by atoms with Gasteiger partial charge in [0.05, 0.1) is 16.6 Å². The van der Waals surface area contributed by atoms with Gasteiger partial charge >= 0.3 is 0 Å². The second-order valence-electron chi connectivity index (χ2n) is 9.05. The van der Waals surface area contributed by atoms with Crippen molar-refractivity contribution in [2.75, 3.05) is 0 Å². The summed E-state index contributed by atoms with van der Waals surface area (Å²) in [6.07, 6.45) is 2.57. The van der Waals surface area contributed by atoms with E-state index < -0.39 is 0 Å². The highest BCUT2D eigenvalue weighted by molar-refractivity contribution is 7.13. The third-order valence-electron chi connectivity index (χ3n) is 6.37. The van der Waals surface area contributed by atoms with Gasteiger partial charge in [0.25, 0.3) is 11.8 Å². The van der Waals surface area contributed by atoms with E-state index in [1.165, 1.54) is 0 Å². The maximum atomic E-state index is 13.5. The molecule has 2 amide bonds. The number of amides is 2. The molecule has 0 saturated carbocycles. The van der Waals surface area contributed by atoms with Crippen molar-refractivity contribution >= 4 is 23.2 Å². The first-order chi connectivity index (χ1) is 15.4. The van der Waals surface area contributed by atoms with Crippen LogP contribution in [-0.4, -0.2) is 44.4 Å². The van der Waals surface area contributed by atoms with Crippen molar-refractivity contribution in [1.29, 1.82) is 0 Å². The molecule has 2 aromatic heterocycles. The van der Waals surface area contributed by atoms with Gasteiger partial charge in [0.2, 0.25) is 0 Å². The summed E-state index contributed by atoms with van der Waals surface area (Å²) < 4.78 is 2.19. The van der Waals surface area contributed by atoms with Crippen molar-refractivity contribution in [2.24, 2.45) is 0 Å². The maximum Gasteiger partial charge on any atom is 0.271 e. The molecule has 2 aliphatic rings. The van der Waals surface area contributed by atoms with E-state index in [1.54, 1.807) is 11.3 Å². The lowest BCUT2D eigenvalue weighted by atomic mass is 10.0. The molecule has 1 fully saturated rings. The number of nitrogens with one attached hydrogen (secondary N) is 1. The van der Waals surface area contributed by atoms with Crippen LogP contribution >= 0.6 is 11.3 Å². The lowest BCUT2D eigenvalue weighted by Crippen LogP contribution is -2.41. The highest BCUT2D eigenvalue weighted by Crippen LogP contribution is 2.37. The highest BCUT2D eigenvalue weighted by atomic mass is 32.1. The summed E-state index contributed by atoms with van der Waals surface area (Å²) in [5.74, 6) is 0.778. The average molecular weight is 449 g/mol. The number of aromatic nitrogens is 2. The molecule has 6 nitrogen and oxygen atoms in total. The number of hydrogen-bond acceptors (Lipinski definition) is 4. The van der Waals surface area contributed by atoms with Crippen LogP contribution in [0.15, 0.2) is 42.5 Å². The van der Waals surface area contributed by atoms with Crippen LogP contribution in [0.1, 0.15) is 57.4 Å². The molecule has 2 bridgehead atoms. The second kappa shape index (κ2) is 8.20. The van der Waals surface area contributed by atoms with Crippen molar-refractivity contribution in [3.63, 3.8) is 0 Å². The Hall–Kier alpha value is -2.93. The van der Waals surface area contributed by atoms with Gasteiger partial charge in [-0.25, -0.2) is 4.98 Å². The van der Waals surface area contributed by atoms with Crippen LogP contribution in [0.25, 0.3) is 11.4 Å². The minimum atomic E-state index is -0.143. The molecule has 1 saturated heterocycles. The van der Waals surface area contributed by atoms with Gasteiger partial charge in [0, 0.05) is 35.5 Å². The number of carbonyl (C=O) groups is 2. The molecule has 5 rings (SSSR count). The van der Waals surface area contributed by atoms with Crippen LogP contribution in [0.3, 0.4) is 0 Å². The molecular weight excluding hydrogens is 420 g/mol. The summed E-state index contributed by atoms with van der Waals surface area (Å²) in [6, 6.07) is 14.2. The molecule has 4 heterocycles. The maximum absolute atomic E-state index is 13.5. The fraction of sp³-hybridized carbons (Fsp3) is 0.400. The lowest BCUT2D eigenvalue weighted by molar-refractivity contribution is 0.0671. The minimum absolute atomic E-state index is 0.0300. The zero-order valence-corrected chi connectivity index (χ0v) is 19.5. The largest absolute Gasteiger partial charge is 0.348 e. The Morgan fingerprint density at radius 3 is 2.53 bits per heavy atom. The molecule has 1 aromatic carbocycles. The van der Waals surface area contributed by atoms with Crippen LogP contribution in [0.2, 0.25) is 0 Å². The van der Waals surface area contributed by atoms with Gasteiger partial charge in [0.15, 0.2) is 0 Å². The Balaban J connectivity index is 1.57. The molecule has 2 aliphatic heterocycles. The van der Waals surface area contributed by atoms with E-state index in [0.29, 0.717) is 18.7 Å². The minimum Gasteiger partial charge on any atom is -0.348 e. The number of fused-ring (bicyclic) bond motifs is 3. The average Bonchev–Trinajstić information content (AvgIpc) is 3.43. The van der Waals surface area contributed by atoms with Gasteiger partial charge in [-0.05, 0) is 45.7 Å². The van der Waals surface area contributed by atoms with Gasteiger partial charge in [-0.1, -0.05) is 30.3 Å². The smallest absolute Gasteiger partial charge is 0.271 e. The fourth-order valence-corrected chi connectivity index (χ4v) is 5.80. The molecule has 1 N–H and O–H groups in total. The first kappa shape index (κ1) is 20.9. The van der Waals surface area contributed by atoms with Crippen molar-refractivity contribution in [3.05, 3.63) is 63.6 Å². The van der Waals surface area contributed by atoms with Gasteiger partial charge in [-0.2, -0.15) is 0 Å². The summed E-state index contributed by atoms with van der Waals surface area (Å²) in [6.45, 7) is 6.60. The number of nitrogens with zero attached hydrogens (tertiary/aromatic N) is 3. The number of thiophene rings is 1. The summed E-state index contributed by atoms with van der Waals surface area (Å²) in [7, 11) is 0. The Bertz CT molecular complexity index is 1160. The first-order valence-corrected chi connectivity index (χ1v) is 12.1. The number of carbonyl (C=O) groups excluding carboxylic acids is 2. The predicted octanol–water partition coefficient (Wildman–Crippen LogP) is 4.29. The SMILES string of the molecule is Cc1ccc(C(=O)N2[C@@H]3CC[C@H]2Cc2c(C(=O)NC(C)C)nc(-c4ccccc4)n2C3)s1. The molecule has 0 spiro atoms. The molecule has 0 unspecified atom stereocenters. The van der Waals surface area contributed by atoms with E-state index in [2.05, 4.69) is 14.8 Å². The van der Waals surface area contributed by atoms with E-state index in [-0.39, 0.29) is 29.9 Å². The van der Waals surface area contributed by atoms with Crippen molar-refractivity contribution in [2.45, 2.75) is 64.7 Å². The van der Waals surface area contributed by atoms with Crippen LogP contribution in [0, 0.1) is 6.92 Å². The van der Waals surface area contributed by atoms with Crippen LogP contribution in [0.4, 0.5) is 0 Å². The molecule has 3 aromatic rings. The van der Waals surface area contributed by atoms with Crippen molar-refractivity contribution < 1.29 is 9.59 Å². The Morgan fingerprint density at radius 1 is 1.09 bits per heavy atom. The number of benzene rings is 1. The molecule has 0 radical (unpaired) electrons. The van der Waals surface area contributed by atoms with E-state index in [1.807, 2.05) is 63.2 Å². The van der Waals surface area contributed by atoms with Gasteiger partial charge < -0.3 is 14.8 Å². The van der Waals surface area contributed by atoms with Gasteiger partial charge in [-0.3, -0.25) is 9.59 Å². The normalized spacial score (nSPS) is 19.7. The van der Waals surface area contributed by atoms with E-state index in [0.717, 1.165) is 39.7 Å². The summed E-state index contributed by atoms with van der Waals surface area (Å²) in [4.78, 5) is 35.4. The standard InChI is InChI=1S/C25H28N4O2S/c1-15(2)26-24(30)22-20-13-18-10-11-19(29(18)25(31)21-12-9-16(3)32-21)14-28(20)23(27-22)17-7-5-4-6-8-17/h4-9,12,15,18-19H,10-11,13-14H2,1-3H3,(H,26,30)/t18-,19+/m0/s1. The molecule has 32 heavy (non-hydrogen) atoms. The Labute approximate surface area is 192 Å². The predicted molar refractivity (Wildman–Crippen MR) is 126 cm³/mol. The lowest BCUT2D eigenvalue weighted by Gasteiger charge is -2.27. The number of rotatable bonds is 4. The third-order valence-corrected chi connectivity index (χ3v) is 7.36. The highest BCUT2D eigenvalue weighted by Gasteiger charge is 2.42. The summed E-state index contributed by atoms with van der Waals surface area (Å²) >= 11 is 1.55. The number of hydrogen-bond donors (Lipinski definition) is 1. The molecule has 0 aliphatic carbocycles. The van der Waals surface area contributed by atoms with Crippen LogP contribution < -0.4 is 5.32 Å². The molecule has 166 valence electrons. The summed E-state index contributed by atoms with van der Waals surface area (Å²) in [5, 5.41) is 3.01. The van der Waals surface area contributed by atoms with Gasteiger partial charge in [0.1, 0.15) is 11.5 Å². The quantitative estimate of drug-likeness (QED) is 0.648. The van der Waals surface area contributed by atoms with E-state index >= 15 is 0 Å². The Kier molecular flexibility index (Phi) is 5.37. The fourth-order valence-electron chi connectivity index (χ4n) is 4.99. The Morgan fingerprint density at radius 2 is 1.84 bits per heavy atom. The van der Waals surface area contributed by atoms with Crippen molar-refractivity contribution in [3.8, 4) is 11.4 Å². The zero-order chi connectivity index (χ0) is 22.4. The van der Waals surface area contributed by atoms with Gasteiger partial charge in [-0.15, -0.1) is 11.3 Å².